The number of hydrogen-bond donors (Lipinski definition) is 2. The van der Waals surface area contributed by atoms with Gasteiger partial charge in [0.25, 0.3) is 0 Å². The number of nitrogens with zero attached hydrogens (tertiary/aromatic N) is 3. The summed E-state index contributed by atoms with van der Waals surface area (Å²) in [5, 5.41) is 6.09. The first-order valence-electron chi connectivity index (χ1n) is 7.43. The maximum atomic E-state index is 13.6. The van der Waals surface area contributed by atoms with Crippen molar-refractivity contribution in [2.75, 3.05) is 43.4 Å². The molecule has 20 heavy (non-hydrogen) atoms. The fraction of sp³-hybridized carbons (Fsp3) is 0.714. The predicted molar refractivity (Wildman–Crippen MR) is 81.7 cm³/mol. The average Bonchev–Trinajstić information content (AvgIpc) is 2.47. The summed E-state index contributed by atoms with van der Waals surface area (Å²) in [4.78, 5) is 10.4. The molecule has 0 spiro atoms. The Morgan fingerprint density at radius 1 is 1.15 bits per heavy atom. The largest absolute Gasteiger partial charge is 0.367 e. The minimum atomic E-state index is -0.408. The van der Waals surface area contributed by atoms with E-state index in [-0.39, 0.29) is 5.82 Å². The third-order valence-corrected chi connectivity index (χ3v) is 3.12. The van der Waals surface area contributed by atoms with Gasteiger partial charge in [0.15, 0.2) is 11.6 Å². The average molecular weight is 283 g/mol. The Balaban J connectivity index is 2.42. The molecule has 2 N–H and O–H groups in total. The Hall–Kier alpha value is -1.43. The Kier molecular flexibility index (Phi) is 7.87. The molecule has 1 heterocycles. The number of anilines is 2. The van der Waals surface area contributed by atoms with Crippen LogP contribution in [0.25, 0.3) is 0 Å². The van der Waals surface area contributed by atoms with Crippen molar-refractivity contribution in [3.63, 3.8) is 0 Å². The van der Waals surface area contributed by atoms with Gasteiger partial charge in [0.2, 0.25) is 5.95 Å². The summed E-state index contributed by atoms with van der Waals surface area (Å²) < 4.78 is 13.6. The minimum absolute atomic E-state index is 0.276. The summed E-state index contributed by atoms with van der Waals surface area (Å²) in [6.45, 7) is 10.9. The van der Waals surface area contributed by atoms with Crippen LogP contribution < -0.4 is 10.6 Å². The molecule has 1 aromatic heterocycles. The van der Waals surface area contributed by atoms with Gasteiger partial charge in [-0.3, -0.25) is 0 Å². The topological polar surface area (TPSA) is 53.1 Å². The molecule has 0 unspecified atom stereocenters. The van der Waals surface area contributed by atoms with E-state index in [9.17, 15) is 4.39 Å². The molecule has 0 aromatic carbocycles. The predicted octanol–water partition coefficient (Wildman–Crippen LogP) is 2.58. The van der Waals surface area contributed by atoms with E-state index in [0.717, 1.165) is 39.0 Å². The molecule has 6 heteroatoms. The van der Waals surface area contributed by atoms with Gasteiger partial charge in [0, 0.05) is 13.1 Å². The summed E-state index contributed by atoms with van der Waals surface area (Å²) in [7, 11) is 0. The van der Waals surface area contributed by atoms with E-state index in [0.29, 0.717) is 12.5 Å². The molecule has 0 aliphatic carbocycles. The van der Waals surface area contributed by atoms with Crippen molar-refractivity contribution in [1.29, 1.82) is 0 Å². The zero-order chi connectivity index (χ0) is 14.8. The molecule has 5 nitrogen and oxygen atoms in total. The lowest BCUT2D eigenvalue weighted by Crippen LogP contribution is -2.25. The second-order valence-electron chi connectivity index (χ2n) is 4.62. The highest BCUT2D eigenvalue weighted by atomic mass is 19.1. The standard InChI is InChI=1S/C14H26FN5/c1-4-8-17-14-18-11-12(15)13(19-14)16-9-7-10-20(5-2)6-3/h11H,4-10H2,1-3H3,(H2,16,17,18,19). The lowest BCUT2D eigenvalue weighted by atomic mass is 10.3. The molecule has 114 valence electrons. The summed E-state index contributed by atoms with van der Waals surface area (Å²) in [5.41, 5.74) is 0. The van der Waals surface area contributed by atoms with Crippen molar-refractivity contribution in [3.05, 3.63) is 12.0 Å². The van der Waals surface area contributed by atoms with Crippen molar-refractivity contribution < 1.29 is 4.39 Å². The molecule has 0 radical (unpaired) electrons. The molecule has 0 fully saturated rings. The first-order chi connectivity index (χ1) is 9.71. The van der Waals surface area contributed by atoms with Crippen molar-refractivity contribution in [1.82, 2.24) is 14.9 Å². The number of nitrogens with one attached hydrogen (secondary N) is 2. The number of aromatic nitrogens is 2. The summed E-state index contributed by atoms with van der Waals surface area (Å²) in [6, 6.07) is 0. The zero-order valence-electron chi connectivity index (χ0n) is 12.7. The van der Waals surface area contributed by atoms with Crippen LogP contribution in [0, 0.1) is 5.82 Å². The molecule has 0 aliphatic heterocycles. The third-order valence-electron chi connectivity index (χ3n) is 3.12. The van der Waals surface area contributed by atoms with Gasteiger partial charge in [-0.05, 0) is 32.5 Å². The van der Waals surface area contributed by atoms with Gasteiger partial charge >= 0.3 is 0 Å². The maximum absolute atomic E-state index is 13.6. The zero-order valence-corrected chi connectivity index (χ0v) is 12.7. The Morgan fingerprint density at radius 3 is 2.55 bits per heavy atom. The SMILES string of the molecule is CCCNc1ncc(F)c(NCCCN(CC)CC)n1. The highest BCUT2D eigenvalue weighted by molar-refractivity contribution is 5.40. The van der Waals surface area contributed by atoms with Crippen molar-refractivity contribution in [2.45, 2.75) is 33.6 Å². The van der Waals surface area contributed by atoms with E-state index >= 15 is 0 Å². The molecule has 0 bridgehead atoms. The van der Waals surface area contributed by atoms with Crippen LogP contribution in [-0.2, 0) is 0 Å². The summed E-state index contributed by atoms with van der Waals surface area (Å²) in [5.74, 6) is 0.340. The van der Waals surface area contributed by atoms with Gasteiger partial charge in [-0.15, -0.1) is 0 Å². The van der Waals surface area contributed by atoms with Gasteiger partial charge in [-0.1, -0.05) is 20.8 Å². The fourth-order valence-electron chi connectivity index (χ4n) is 1.86. The highest BCUT2D eigenvalue weighted by Crippen LogP contribution is 2.11. The Labute approximate surface area is 121 Å². The van der Waals surface area contributed by atoms with Crippen LogP contribution in [0.2, 0.25) is 0 Å². The van der Waals surface area contributed by atoms with E-state index in [1.54, 1.807) is 0 Å². The van der Waals surface area contributed by atoms with Crippen LogP contribution in [0.5, 0.6) is 0 Å². The second kappa shape index (κ2) is 9.47. The molecule has 1 rings (SSSR count). The van der Waals surface area contributed by atoms with Crippen LogP contribution in [0.4, 0.5) is 16.2 Å². The van der Waals surface area contributed by atoms with E-state index in [2.05, 4.69) is 46.3 Å². The number of halogens is 1. The lowest BCUT2D eigenvalue weighted by Gasteiger charge is -2.17. The molecule has 0 aliphatic rings. The van der Waals surface area contributed by atoms with Gasteiger partial charge in [-0.25, -0.2) is 9.37 Å². The highest BCUT2D eigenvalue weighted by Gasteiger charge is 2.06. The van der Waals surface area contributed by atoms with Crippen LogP contribution in [-0.4, -0.2) is 47.6 Å². The molecular weight excluding hydrogens is 257 g/mol. The Morgan fingerprint density at radius 2 is 1.90 bits per heavy atom. The minimum Gasteiger partial charge on any atom is -0.367 e. The number of hydrogen-bond acceptors (Lipinski definition) is 5. The van der Waals surface area contributed by atoms with Crippen LogP contribution in [0.3, 0.4) is 0 Å². The Bertz CT molecular complexity index is 382. The molecule has 0 atom stereocenters. The summed E-state index contributed by atoms with van der Waals surface area (Å²) in [6.07, 6.45) is 3.15. The van der Waals surface area contributed by atoms with Gasteiger partial charge in [-0.2, -0.15) is 4.98 Å². The third kappa shape index (κ3) is 5.69. The van der Waals surface area contributed by atoms with Crippen molar-refractivity contribution >= 4 is 11.8 Å². The van der Waals surface area contributed by atoms with Crippen molar-refractivity contribution in [2.24, 2.45) is 0 Å². The van der Waals surface area contributed by atoms with Gasteiger partial charge in [0.05, 0.1) is 6.20 Å². The van der Waals surface area contributed by atoms with Crippen LogP contribution in [0.15, 0.2) is 6.20 Å². The van der Waals surface area contributed by atoms with E-state index in [1.807, 2.05) is 0 Å². The smallest absolute Gasteiger partial charge is 0.224 e. The molecule has 0 saturated carbocycles. The molecule has 0 saturated heterocycles. The van der Waals surface area contributed by atoms with Crippen molar-refractivity contribution in [3.8, 4) is 0 Å². The first-order valence-corrected chi connectivity index (χ1v) is 7.43. The quantitative estimate of drug-likeness (QED) is 0.646. The first kappa shape index (κ1) is 16.6. The van der Waals surface area contributed by atoms with E-state index in [1.165, 1.54) is 6.20 Å². The summed E-state index contributed by atoms with van der Waals surface area (Å²) >= 11 is 0. The van der Waals surface area contributed by atoms with Gasteiger partial charge < -0.3 is 15.5 Å². The monoisotopic (exact) mass is 283 g/mol. The van der Waals surface area contributed by atoms with Gasteiger partial charge in [0.1, 0.15) is 0 Å². The lowest BCUT2D eigenvalue weighted by molar-refractivity contribution is 0.303. The van der Waals surface area contributed by atoms with Crippen LogP contribution in [0.1, 0.15) is 33.6 Å². The maximum Gasteiger partial charge on any atom is 0.224 e. The van der Waals surface area contributed by atoms with E-state index in [4.69, 9.17) is 0 Å². The molecular formula is C14H26FN5. The molecule has 0 amide bonds. The van der Waals surface area contributed by atoms with Crippen LogP contribution >= 0.6 is 0 Å². The second-order valence-corrected chi connectivity index (χ2v) is 4.62. The normalized spacial score (nSPS) is 10.8. The fourth-order valence-corrected chi connectivity index (χ4v) is 1.86. The number of rotatable bonds is 10. The van der Waals surface area contributed by atoms with E-state index < -0.39 is 5.82 Å². The molecule has 1 aromatic rings.